The van der Waals surface area contributed by atoms with Crippen molar-refractivity contribution in [3.8, 4) is 0 Å². The van der Waals surface area contributed by atoms with Crippen LogP contribution in [0.25, 0.3) is 0 Å². The minimum Gasteiger partial charge on any atom is -0.392 e. The smallest absolute Gasteiger partial charge is 0.261 e. The van der Waals surface area contributed by atoms with E-state index in [-0.39, 0.29) is 11.8 Å². The minimum absolute atomic E-state index is 0.116. The summed E-state index contributed by atoms with van der Waals surface area (Å²) in [6.45, 7) is 8.04. The van der Waals surface area contributed by atoms with E-state index >= 15 is 0 Å². The standard InChI is InChI=1S/C14H22N2O3S/c1-8(2)11(17)14(3,4)7-16-13(19)10-5-9(6-20-10)12(15)18/h5-6,8,11,17H,7H2,1-4H3,(H2,15,18)(H,16,19). The summed E-state index contributed by atoms with van der Waals surface area (Å²) >= 11 is 1.18. The number of aliphatic hydroxyl groups excluding tert-OH is 1. The molecule has 1 heterocycles. The summed E-state index contributed by atoms with van der Waals surface area (Å²) in [4.78, 5) is 23.4. The quantitative estimate of drug-likeness (QED) is 0.745. The molecular formula is C14H22N2O3S. The lowest BCUT2D eigenvalue weighted by Crippen LogP contribution is -2.43. The molecule has 0 radical (unpaired) electrons. The molecule has 1 aromatic rings. The normalized spacial score (nSPS) is 13.3. The van der Waals surface area contributed by atoms with E-state index in [1.165, 1.54) is 17.4 Å². The maximum atomic E-state index is 12.0. The molecule has 1 aromatic heterocycles. The predicted octanol–water partition coefficient (Wildman–Crippen LogP) is 1.62. The first-order chi connectivity index (χ1) is 9.15. The Kier molecular flexibility index (Phi) is 5.30. The lowest BCUT2D eigenvalue weighted by Gasteiger charge is -2.33. The van der Waals surface area contributed by atoms with E-state index in [1.54, 1.807) is 5.38 Å². The van der Waals surface area contributed by atoms with Gasteiger partial charge in [0.2, 0.25) is 5.91 Å². The molecule has 0 saturated heterocycles. The van der Waals surface area contributed by atoms with Gasteiger partial charge >= 0.3 is 0 Å². The molecule has 0 aliphatic carbocycles. The molecule has 6 heteroatoms. The average Bonchev–Trinajstić information content (AvgIpc) is 2.84. The number of carbonyl (C=O) groups is 2. The van der Waals surface area contributed by atoms with Crippen molar-refractivity contribution in [1.29, 1.82) is 0 Å². The number of rotatable bonds is 6. The van der Waals surface area contributed by atoms with E-state index in [0.29, 0.717) is 17.0 Å². The summed E-state index contributed by atoms with van der Waals surface area (Å²) in [5, 5.41) is 14.5. The molecular weight excluding hydrogens is 276 g/mol. The Hall–Kier alpha value is -1.40. The zero-order chi connectivity index (χ0) is 15.5. The van der Waals surface area contributed by atoms with Crippen LogP contribution in [0.5, 0.6) is 0 Å². The SMILES string of the molecule is CC(C)C(O)C(C)(C)CNC(=O)c1cc(C(N)=O)cs1. The third-order valence-electron chi connectivity index (χ3n) is 3.24. The molecule has 0 spiro atoms. The monoisotopic (exact) mass is 298 g/mol. The molecule has 0 aliphatic rings. The Morgan fingerprint density at radius 2 is 2.05 bits per heavy atom. The minimum atomic E-state index is -0.546. The van der Waals surface area contributed by atoms with E-state index < -0.39 is 17.4 Å². The van der Waals surface area contributed by atoms with Crippen LogP contribution in [-0.4, -0.2) is 29.6 Å². The lowest BCUT2D eigenvalue weighted by atomic mass is 9.81. The van der Waals surface area contributed by atoms with Gasteiger partial charge in [0.1, 0.15) is 0 Å². The highest BCUT2D eigenvalue weighted by atomic mass is 32.1. The summed E-state index contributed by atoms with van der Waals surface area (Å²) in [6.07, 6.45) is -0.507. The largest absolute Gasteiger partial charge is 0.392 e. The summed E-state index contributed by atoms with van der Waals surface area (Å²) in [5.74, 6) is -0.688. The molecule has 1 atom stereocenters. The van der Waals surface area contributed by atoms with Crippen LogP contribution >= 0.6 is 11.3 Å². The summed E-state index contributed by atoms with van der Waals surface area (Å²) < 4.78 is 0. The van der Waals surface area contributed by atoms with Gasteiger partial charge in [0.05, 0.1) is 16.5 Å². The van der Waals surface area contributed by atoms with E-state index in [2.05, 4.69) is 5.32 Å². The Balaban J connectivity index is 2.64. The van der Waals surface area contributed by atoms with Crippen molar-refractivity contribution in [2.45, 2.75) is 33.8 Å². The number of aliphatic hydroxyl groups is 1. The fourth-order valence-corrected chi connectivity index (χ4v) is 2.80. The van der Waals surface area contributed by atoms with Gasteiger partial charge in [-0.15, -0.1) is 11.3 Å². The van der Waals surface area contributed by atoms with E-state index in [1.807, 2.05) is 27.7 Å². The zero-order valence-electron chi connectivity index (χ0n) is 12.3. The van der Waals surface area contributed by atoms with Crippen LogP contribution in [0.2, 0.25) is 0 Å². The number of primary amides is 1. The number of hydrogen-bond donors (Lipinski definition) is 3. The highest BCUT2D eigenvalue weighted by molar-refractivity contribution is 7.12. The Bertz CT molecular complexity index is 494. The molecule has 1 unspecified atom stereocenters. The molecule has 0 fully saturated rings. The first kappa shape index (κ1) is 16.7. The van der Waals surface area contributed by atoms with Crippen molar-refractivity contribution in [1.82, 2.24) is 5.32 Å². The van der Waals surface area contributed by atoms with Gasteiger partial charge in [0.15, 0.2) is 0 Å². The summed E-state index contributed by atoms with van der Waals surface area (Å²) in [5.41, 5.74) is 5.06. The summed E-state index contributed by atoms with van der Waals surface area (Å²) in [6, 6.07) is 1.48. The van der Waals surface area contributed by atoms with Gasteiger partial charge in [-0.2, -0.15) is 0 Å². The third-order valence-corrected chi connectivity index (χ3v) is 4.17. The average molecular weight is 298 g/mol. The van der Waals surface area contributed by atoms with Crippen molar-refractivity contribution in [2.75, 3.05) is 6.54 Å². The first-order valence-corrected chi connectivity index (χ1v) is 7.37. The maximum absolute atomic E-state index is 12.0. The van der Waals surface area contributed by atoms with Crippen LogP contribution in [0.15, 0.2) is 11.4 Å². The van der Waals surface area contributed by atoms with E-state index in [9.17, 15) is 14.7 Å². The first-order valence-electron chi connectivity index (χ1n) is 6.49. The number of amides is 2. The van der Waals surface area contributed by atoms with Gasteiger partial charge in [0.25, 0.3) is 5.91 Å². The molecule has 1 rings (SSSR count). The molecule has 0 aliphatic heterocycles. The second-order valence-corrected chi connectivity index (χ2v) is 6.84. The Labute approximate surface area is 123 Å². The van der Waals surface area contributed by atoms with Crippen molar-refractivity contribution >= 4 is 23.2 Å². The van der Waals surface area contributed by atoms with E-state index in [4.69, 9.17) is 5.73 Å². The number of nitrogens with one attached hydrogen (secondary N) is 1. The van der Waals surface area contributed by atoms with Gasteiger partial charge in [-0.1, -0.05) is 27.7 Å². The number of carbonyl (C=O) groups excluding carboxylic acids is 2. The predicted molar refractivity (Wildman–Crippen MR) is 79.8 cm³/mol. The molecule has 4 N–H and O–H groups in total. The lowest BCUT2D eigenvalue weighted by molar-refractivity contribution is 0.0138. The Morgan fingerprint density at radius 3 is 2.50 bits per heavy atom. The highest BCUT2D eigenvalue weighted by Crippen LogP contribution is 2.25. The molecule has 0 bridgehead atoms. The number of nitrogens with two attached hydrogens (primary N) is 1. The second kappa shape index (κ2) is 6.37. The fourth-order valence-electron chi connectivity index (χ4n) is 1.99. The van der Waals surface area contributed by atoms with Crippen LogP contribution in [0, 0.1) is 11.3 Å². The fraction of sp³-hybridized carbons (Fsp3) is 0.571. The van der Waals surface area contributed by atoms with Crippen LogP contribution in [0.3, 0.4) is 0 Å². The van der Waals surface area contributed by atoms with Crippen molar-refractivity contribution < 1.29 is 14.7 Å². The maximum Gasteiger partial charge on any atom is 0.261 e. The van der Waals surface area contributed by atoms with Gasteiger partial charge in [-0.25, -0.2) is 0 Å². The van der Waals surface area contributed by atoms with Crippen LogP contribution in [-0.2, 0) is 0 Å². The van der Waals surface area contributed by atoms with Crippen LogP contribution in [0.1, 0.15) is 47.7 Å². The third kappa shape index (κ3) is 4.05. The summed E-state index contributed by atoms with van der Waals surface area (Å²) in [7, 11) is 0. The molecule has 0 saturated carbocycles. The topological polar surface area (TPSA) is 92.4 Å². The molecule has 5 nitrogen and oxygen atoms in total. The molecule has 20 heavy (non-hydrogen) atoms. The van der Waals surface area contributed by atoms with Gasteiger partial charge in [0, 0.05) is 17.3 Å². The second-order valence-electron chi connectivity index (χ2n) is 5.92. The highest BCUT2D eigenvalue weighted by Gasteiger charge is 2.30. The van der Waals surface area contributed by atoms with E-state index in [0.717, 1.165) is 0 Å². The molecule has 112 valence electrons. The van der Waals surface area contributed by atoms with Crippen molar-refractivity contribution in [3.05, 3.63) is 21.9 Å². The van der Waals surface area contributed by atoms with Gasteiger partial charge in [-0.05, 0) is 12.0 Å². The zero-order valence-corrected chi connectivity index (χ0v) is 13.1. The van der Waals surface area contributed by atoms with Gasteiger partial charge in [-0.3, -0.25) is 9.59 Å². The Morgan fingerprint density at radius 1 is 1.45 bits per heavy atom. The van der Waals surface area contributed by atoms with Crippen LogP contribution in [0.4, 0.5) is 0 Å². The number of hydrogen-bond acceptors (Lipinski definition) is 4. The van der Waals surface area contributed by atoms with Gasteiger partial charge < -0.3 is 16.2 Å². The molecule has 2 amide bonds. The van der Waals surface area contributed by atoms with Crippen LogP contribution < -0.4 is 11.1 Å². The molecule has 0 aromatic carbocycles. The number of thiophene rings is 1. The van der Waals surface area contributed by atoms with Crippen molar-refractivity contribution in [3.63, 3.8) is 0 Å². The van der Waals surface area contributed by atoms with Crippen molar-refractivity contribution in [2.24, 2.45) is 17.1 Å².